The second-order valence-corrected chi connectivity index (χ2v) is 8.38. The number of aliphatic imine (C=N–C) groups is 2. The lowest BCUT2D eigenvalue weighted by Gasteiger charge is -2.23. The van der Waals surface area contributed by atoms with Gasteiger partial charge in [0, 0.05) is 17.8 Å². The molecule has 0 aromatic carbocycles. The highest BCUT2D eigenvalue weighted by Crippen LogP contribution is 2.31. The van der Waals surface area contributed by atoms with Gasteiger partial charge in [-0.3, -0.25) is 20.1 Å². The number of rotatable bonds is 14. The molecule has 0 bridgehead atoms. The summed E-state index contributed by atoms with van der Waals surface area (Å²) in [7, 11) is 1.99. The fourth-order valence-corrected chi connectivity index (χ4v) is 3.82. The Morgan fingerprint density at radius 1 is 1.26 bits per heavy atom. The average Bonchev–Trinajstić information content (AvgIpc) is 3.61. The van der Waals surface area contributed by atoms with Crippen molar-refractivity contribution in [2.45, 2.75) is 84.8 Å². The van der Waals surface area contributed by atoms with Crippen LogP contribution >= 0.6 is 0 Å². The molecule has 2 aliphatic rings. The maximum atomic E-state index is 10.6. The molecule has 6 nitrogen and oxygen atoms in total. The standard InChI is InChI=1S/C25H41N5O/c1-6-9-20-14-24(21(10-7-2)13-23(20)28-16-27-17-31)30-22(8-3)15-25(26-5)29-18(4)19-11-12-19/h10,13-14,17,19,22,25-26,28H,6-9,11-12,15-16H2,1-5H3,(H,27,31)/b21-10-,29-18-,30-24-. The van der Waals surface area contributed by atoms with Crippen molar-refractivity contribution in [3.8, 4) is 0 Å². The van der Waals surface area contributed by atoms with Gasteiger partial charge in [0.2, 0.25) is 6.41 Å². The van der Waals surface area contributed by atoms with Gasteiger partial charge in [0.05, 0.1) is 18.4 Å². The van der Waals surface area contributed by atoms with Crippen molar-refractivity contribution in [2.75, 3.05) is 13.7 Å². The van der Waals surface area contributed by atoms with Crippen LogP contribution in [-0.4, -0.2) is 43.8 Å². The van der Waals surface area contributed by atoms with E-state index in [1.165, 1.54) is 24.1 Å². The highest BCUT2D eigenvalue weighted by atomic mass is 16.1. The van der Waals surface area contributed by atoms with Crippen LogP contribution in [0.4, 0.5) is 0 Å². The molecule has 1 amide bonds. The predicted octanol–water partition coefficient (Wildman–Crippen LogP) is 4.27. The molecule has 0 radical (unpaired) electrons. The third-order valence-electron chi connectivity index (χ3n) is 5.81. The average molecular weight is 428 g/mol. The van der Waals surface area contributed by atoms with Gasteiger partial charge in [0.25, 0.3) is 0 Å². The summed E-state index contributed by atoms with van der Waals surface area (Å²) >= 11 is 0. The van der Waals surface area contributed by atoms with E-state index in [0.717, 1.165) is 49.1 Å². The molecule has 1 saturated carbocycles. The second-order valence-electron chi connectivity index (χ2n) is 8.38. The third kappa shape index (κ3) is 8.09. The Morgan fingerprint density at radius 3 is 2.61 bits per heavy atom. The van der Waals surface area contributed by atoms with Gasteiger partial charge in [-0.15, -0.1) is 0 Å². The number of nitrogens with one attached hydrogen (secondary N) is 3. The van der Waals surface area contributed by atoms with Crippen LogP contribution in [0, 0.1) is 5.92 Å². The van der Waals surface area contributed by atoms with Gasteiger partial charge in [-0.05, 0) is 75.3 Å². The van der Waals surface area contributed by atoms with E-state index in [4.69, 9.17) is 9.98 Å². The molecule has 6 heteroatoms. The molecule has 0 heterocycles. The topological polar surface area (TPSA) is 77.9 Å². The predicted molar refractivity (Wildman–Crippen MR) is 131 cm³/mol. The van der Waals surface area contributed by atoms with Crippen LogP contribution in [0.15, 0.2) is 45.1 Å². The Hall–Kier alpha value is -2.21. The van der Waals surface area contributed by atoms with E-state index in [1.54, 1.807) is 0 Å². The molecule has 3 N–H and O–H groups in total. The lowest BCUT2D eigenvalue weighted by Crippen LogP contribution is -2.30. The Morgan fingerprint density at radius 2 is 2.03 bits per heavy atom. The Labute approximate surface area is 188 Å². The van der Waals surface area contributed by atoms with Crippen LogP contribution in [-0.2, 0) is 4.79 Å². The number of carbonyl (C=O) groups excluding carboxylic acids is 1. The van der Waals surface area contributed by atoms with E-state index in [-0.39, 0.29) is 12.2 Å². The highest BCUT2D eigenvalue weighted by Gasteiger charge is 2.25. The van der Waals surface area contributed by atoms with Crippen molar-refractivity contribution in [3.05, 3.63) is 35.1 Å². The fraction of sp³-hybridized carbons (Fsp3) is 0.640. The van der Waals surface area contributed by atoms with Gasteiger partial charge >= 0.3 is 0 Å². The Balaban J connectivity index is 2.24. The maximum Gasteiger partial charge on any atom is 0.208 e. The first-order chi connectivity index (χ1) is 15.1. The van der Waals surface area contributed by atoms with Crippen molar-refractivity contribution in [1.82, 2.24) is 16.0 Å². The molecule has 0 spiro atoms. The molecular weight excluding hydrogens is 386 g/mol. The summed E-state index contributed by atoms with van der Waals surface area (Å²) in [5.41, 5.74) is 5.79. The second kappa shape index (κ2) is 13.3. The molecule has 0 aromatic rings. The van der Waals surface area contributed by atoms with Gasteiger partial charge in [0.15, 0.2) is 0 Å². The molecule has 0 aromatic heterocycles. The summed E-state index contributed by atoms with van der Waals surface area (Å²) in [6, 6.07) is 0.210. The molecular formula is C25H41N5O. The maximum absolute atomic E-state index is 10.6. The van der Waals surface area contributed by atoms with Crippen LogP contribution in [0.25, 0.3) is 0 Å². The van der Waals surface area contributed by atoms with Crippen LogP contribution < -0.4 is 16.0 Å². The molecule has 172 valence electrons. The SMILES string of the molecule is CC/C=C1/C=C(NCNC=O)C(CCC)=C/C1=N/C(CC)CC(/N=C(/C)C1CC1)NC. The highest BCUT2D eigenvalue weighted by molar-refractivity contribution is 6.12. The first-order valence-corrected chi connectivity index (χ1v) is 11.9. The molecule has 2 unspecified atom stereocenters. The van der Waals surface area contributed by atoms with Crippen LogP contribution in [0.1, 0.15) is 72.6 Å². The first kappa shape index (κ1) is 25.1. The summed E-state index contributed by atoms with van der Waals surface area (Å²) in [5, 5.41) is 9.40. The van der Waals surface area contributed by atoms with Crippen LogP contribution in [0.2, 0.25) is 0 Å². The van der Waals surface area contributed by atoms with Crippen molar-refractivity contribution in [3.63, 3.8) is 0 Å². The zero-order chi connectivity index (χ0) is 22.6. The molecule has 2 aliphatic carbocycles. The van der Waals surface area contributed by atoms with Crippen LogP contribution in [0.5, 0.6) is 0 Å². The zero-order valence-electron chi connectivity index (χ0n) is 20.0. The molecule has 0 saturated heterocycles. The Kier molecular flexibility index (Phi) is 10.7. The monoisotopic (exact) mass is 427 g/mol. The number of hydrogen-bond acceptors (Lipinski definition) is 5. The van der Waals surface area contributed by atoms with E-state index >= 15 is 0 Å². The van der Waals surface area contributed by atoms with Gasteiger partial charge in [0.1, 0.15) is 6.17 Å². The van der Waals surface area contributed by atoms with E-state index in [2.05, 4.69) is 61.9 Å². The van der Waals surface area contributed by atoms with E-state index in [0.29, 0.717) is 19.0 Å². The summed E-state index contributed by atoms with van der Waals surface area (Å²) in [6.45, 7) is 9.12. The first-order valence-electron chi connectivity index (χ1n) is 11.9. The minimum Gasteiger partial charge on any atom is -0.368 e. The Bertz CT molecular complexity index is 743. The number of nitrogens with zero attached hydrogens (tertiary/aromatic N) is 2. The quantitative estimate of drug-likeness (QED) is 0.168. The summed E-state index contributed by atoms with van der Waals surface area (Å²) < 4.78 is 0. The van der Waals surface area contributed by atoms with E-state index < -0.39 is 0 Å². The number of hydrogen-bond donors (Lipinski definition) is 3. The number of amides is 1. The van der Waals surface area contributed by atoms with Crippen molar-refractivity contribution < 1.29 is 4.79 Å². The van der Waals surface area contributed by atoms with Crippen molar-refractivity contribution >= 4 is 17.8 Å². The number of carbonyl (C=O) groups is 1. The minimum atomic E-state index is 0.110. The third-order valence-corrected chi connectivity index (χ3v) is 5.81. The smallest absolute Gasteiger partial charge is 0.208 e. The van der Waals surface area contributed by atoms with Gasteiger partial charge in [-0.2, -0.15) is 0 Å². The zero-order valence-corrected chi connectivity index (χ0v) is 20.0. The van der Waals surface area contributed by atoms with Gasteiger partial charge in [-0.1, -0.05) is 33.3 Å². The molecule has 2 rings (SSSR count). The largest absolute Gasteiger partial charge is 0.368 e. The van der Waals surface area contributed by atoms with Crippen molar-refractivity contribution in [1.29, 1.82) is 0 Å². The molecule has 31 heavy (non-hydrogen) atoms. The van der Waals surface area contributed by atoms with E-state index in [9.17, 15) is 4.79 Å². The normalized spacial score (nSPS) is 21.5. The number of allylic oxidation sites excluding steroid dienone is 5. The molecule has 0 aliphatic heterocycles. The van der Waals surface area contributed by atoms with Gasteiger partial charge in [-0.25, -0.2) is 0 Å². The lowest BCUT2D eigenvalue weighted by molar-refractivity contribution is -0.109. The summed E-state index contributed by atoms with van der Waals surface area (Å²) in [4.78, 5) is 20.7. The summed E-state index contributed by atoms with van der Waals surface area (Å²) in [5.74, 6) is 0.698. The van der Waals surface area contributed by atoms with Gasteiger partial charge < -0.3 is 10.6 Å². The van der Waals surface area contributed by atoms with Crippen LogP contribution in [0.3, 0.4) is 0 Å². The summed E-state index contributed by atoms with van der Waals surface area (Å²) in [6.07, 6.45) is 14.9. The molecule has 1 fully saturated rings. The fourth-order valence-electron chi connectivity index (χ4n) is 3.82. The lowest BCUT2D eigenvalue weighted by atomic mass is 9.93. The minimum absolute atomic E-state index is 0.110. The van der Waals surface area contributed by atoms with E-state index in [1.807, 2.05) is 7.05 Å². The van der Waals surface area contributed by atoms with Crippen molar-refractivity contribution in [2.24, 2.45) is 15.9 Å². The molecule has 2 atom stereocenters.